The summed E-state index contributed by atoms with van der Waals surface area (Å²) in [7, 11) is 0. The number of carbonyl (C=O) groups is 1. The topological polar surface area (TPSA) is 50.4 Å². The van der Waals surface area contributed by atoms with E-state index in [9.17, 15) is 31.1 Å². The maximum Gasteiger partial charge on any atom is 0.416 e. The van der Waals surface area contributed by atoms with Gasteiger partial charge in [-0.2, -0.15) is 26.3 Å². The lowest BCUT2D eigenvalue weighted by molar-refractivity contribution is -0.143. The molecule has 4 unspecified atom stereocenters. The summed E-state index contributed by atoms with van der Waals surface area (Å²) in [6, 6.07) is 10.7. The van der Waals surface area contributed by atoms with Gasteiger partial charge >= 0.3 is 12.4 Å². The first kappa shape index (κ1) is 28.4. The van der Waals surface area contributed by atoms with Gasteiger partial charge in [0.15, 0.2) is 0 Å². The molecular formula is C28H32F6N2O2. The van der Waals surface area contributed by atoms with Crippen LogP contribution in [-0.2, 0) is 34.0 Å². The van der Waals surface area contributed by atoms with Gasteiger partial charge in [-0.3, -0.25) is 4.79 Å². The van der Waals surface area contributed by atoms with E-state index in [-0.39, 0.29) is 29.5 Å². The molecule has 208 valence electrons. The molecule has 4 nitrogen and oxygen atoms in total. The molecule has 2 N–H and O–H groups in total. The third-order valence-corrected chi connectivity index (χ3v) is 7.51. The summed E-state index contributed by atoms with van der Waals surface area (Å²) in [4.78, 5) is 13.1. The number of halogens is 6. The first-order valence-corrected chi connectivity index (χ1v) is 12.8. The number of hydrogen-bond donors (Lipinski definition) is 2. The Balaban J connectivity index is 1.58. The van der Waals surface area contributed by atoms with E-state index in [1.54, 1.807) is 0 Å². The molecule has 2 aliphatic rings. The molecule has 2 saturated heterocycles. The van der Waals surface area contributed by atoms with Crippen LogP contribution < -0.4 is 10.6 Å². The second-order valence-corrected chi connectivity index (χ2v) is 10.7. The number of piperidine rings is 1. The van der Waals surface area contributed by atoms with E-state index in [4.69, 9.17) is 4.74 Å². The van der Waals surface area contributed by atoms with Gasteiger partial charge in [0.2, 0.25) is 5.91 Å². The van der Waals surface area contributed by atoms with Crippen LogP contribution in [0.4, 0.5) is 26.3 Å². The van der Waals surface area contributed by atoms with Crippen LogP contribution >= 0.6 is 0 Å². The minimum absolute atomic E-state index is 0.0608. The monoisotopic (exact) mass is 542 g/mol. The molecule has 38 heavy (non-hydrogen) atoms. The van der Waals surface area contributed by atoms with Gasteiger partial charge in [-0.05, 0) is 60.9 Å². The second kappa shape index (κ2) is 10.9. The van der Waals surface area contributed by atoms with Crippen molar-refractivity contribution < 1.29 is 35.9 Å². The van der Waals surface area contributed by atoms with Crippen molar-refractivity contribution in [3.05, 3.63) is 70.8 Å². The van der Waals surface area contributed by atoms with E-state index >= 15 is 0 Å². The van der Waals surface area contributed by atoms with E-state index in [1.807, 2.05) is 30.3 Å². The number of benzene rings is 2. The molecule has 2 heterocycles. The van der Waals surface area contributed by atoms with E-state index in [2.05, 4.69) is 24.5 Å². The Kier molecular flexibility index (Phi) is 8.14. The van der Waals surface area contributed by atoms with Crippen LogP contribution in [0.3, 0.4) is 0 Å². The Bertz CT molecular complexity index is 1090. The molecule has 2 aromatic carbocycles. The SMILES string of the molecule is CC(C)CCNC(=O)C1CC2(c3ccccc3)NC1CCC2OCc1cc(C(F)(F)F)cc(C(F)(F)F)c1. The quantitative estimate of drug-likeness (QED) is 0.378. The van der Waals surface area contributed by atoms with Crippen LogP contribution in [0.25, 0.3) is 0 Å². The fraction of sp³-hybridized carbons (Fsp3) is 0.536. The zero-order valence-corrected chi connectivity index (χ0v) is 21.3. The predicted molar refractivity (Wildman–Crippen MR) is 130 cm³/mol. The molecule has 0 spiro atoms. The number of alkyl halides is 6. The molecule has 0 aliphatic carbocycles. The van der Waals surface area contributed by atoms with Crippen LogP contribution in [0.15, 0.2) is 48.5 Å². The average molecular weight is 543 g/mol. The average Bonchev–Trinajstić information content (AvgIpc) is 3.17. The summed E-state index contributed by atoms with van der Waals surface area (Å²) in [5.41, 5.74) is -2.88. The van der Waals surface area contributed by atoms with Crippen molar-refractivity contribution in [2.24, 2.45) is 11.8 Å². The zero-order chi connectivity index (χ0) is 27.7. The molecule has 4 rings (SSSR count). The highest BCUT2D eigenvalue weighted by atomic mass is 19.4. The van der Waals surface area contributed by atoms with Crippen molar-refractivity contribution in [1.29, 1.82) is 0 Å². The molecule has 2 aromatic rings. The molecule has 0 aromatic heterocycles. The summed E-state index contributed by atoms with van der Waals surface area (Å²) >= 11 is 0. The second-order valence-electron chi connectivity index (χ2n) is 10.7. The van der Waals surface area contributed by atoms with Crippen molar-refractivity contribution in [3.8, 4) is 0 Å². The van der Waals surface area contributed by atoms with Gasteiger partial charge in [-0.15, -0.1) is 0 Å². The molecule has 10 heteroatoms. The predicted octanol–water partition coefficient (Wildman–Crippen LogP) is 6.44. The number of nitrogens with one attached hydrogen (secondary N) is 2. The largest absolute Gasteiger partial charge is 0.416 e. The minimum Gasteiger partial charge on any atom is -0.371 e. The lowest BCUT2D eigenvalue weighted by Crippen LogP contribution is -2.54. The maximum absolute atomic E-state index is 13.3. The van der Waals surface area contributed by atoms with Gasteiger partial charge in [0, 0.05) is 12.6 Å². The highest BCUT2D eigenvalue weighted by Gasteiger charge is 2.56. The van der Waals surface area contributed by atoms with E-state index in [0.29, 0.717) is 43.9 Å². The van der Waals surface area contributed by atoms with Crippen LogP contribution in [0.1, 0.15) is 61.8 Å². The molecule has 2 fully saturated rings. The number of carbonyl (C=O) groups excluding carboxylic acids is 1. The zero-order valence-electron chi connectivity index (χ0n) is 21.3. The van der Waals surface area contributed by atoms with E-state index in [0.717, 1.165) is 12.0 Å². The number of rotatable bonds is 8. The van der Waals surface area contributed by atoms with Crippen LogP contribution in [0.5, 0.6) is 0 Å². The van der Waals surface area contributed by atoms with E-state index < -0.39 is 41.7 Å². The standard InChI is InChI=1S/C28H32F6N2O2/c1-17(2)10-11-35-25(37)22-15-26(19-6-4-3-5-7-19)24(9-8-23(22)36-26)38-16-18-12-20(27(29,30)31)14-21(13-18)28(32,33)34/h3-7,12-14,17,22-24,36H,8-11,15-16H2,1-2H3,(H,35,37). The highest BCUT2D eigenvalue weighted by molar-refractivity contribution is 5.80. The van der Waals surface area contributed by atoms with Crippen LogP contribution in [0, 0.1) is 11.8 Å². The lowest BCUT2D eigenvalue weighted by Gasteiger charge is -2.42. The molecule has 1 amide bonds. The summed E-state index contributed by atoms with van der Waals surface area (Å²) in [5.74, 6) is 0.0500. The Morgan fingerprint density at radius 3 is 2.24 bits per heavy atom. The number of amides is 1. The van der Waals surface area contributed by atoms with Gasteiger partial charge in [0.05, 0.1) is 35.3 Å². The molecule has 4 atom stereocenters. The van der Waals surface area contributed by atoms with Gasteiger partial charge in [0.1, 0.15) is 0 Å². The van der Waals surface area contributed by atoms with E-state index in [1.165, 1.54) is 0 Å². The number of hydrogen-bond acceptors (Lipinski definition) is 3. The Morgan fingerprint density at radius 1 is 1.03 bits per heavy atom. The van der Waals surface area contributed by atoms with Gasteiger partial charge in [-0.1, -0.05) is 44.2 Å². The fourth-order valence-electron chi connectivity index (χ4n) is 5.59. The first-order valence-electron chi connectivity index (χ1n) is 12.8. The minimum atomic E-state index is -4.93. The van der Waals surface area contributed by atoms with Crippen LogP contribution in [-0.4, -0.2) is 24.6 Å². The number of ether oxygens (including phenoxy) is 1. The van der Waals surface area contributed by atoms with Crippen LogP contribution in [0.2, 0.25) is 0 Å². The first-order chi connectivity index (χ1) is 17.8. The molecule has 2 bridgehead atoms. The molecular weight excluding hydrogens is 510 g/mol. The normalized spacial score (nSPS) is 25.6. The van der Waals surface area contributed by atoms with Crippen molar-refractivity contribution in [2.75, 3.05) is 6.54 Å². The third-order valence-electron chi connectivity index (χ3n) is 7.51. The fourth-order valence-corrected chi connectivity index (χ4v) is 5.59. The van der Waals surface area contributed by atoms with Gasteiger partial charge in [0.25, 0.3) is 0 Å². The van der Waals surface area contributed by atoms with Crippen molar-refractivity contribution >= 4 is 5.91 Å². The summed E-state index contributed by atoms with van der Waals surface area (Å²) in [6.45, 7) is 4.29. The molecule has 2 aliphatic heterocycles. The molecule has 0 saturated carbocycles. The summed E-state index contributed by atoms with van der Waals surface area (Å²) in [5, 5.41) is 6.58. The highest BCUT2D eigenvalue weighted by Crippen LogP contribution is 2.48. The van der Waals surface area contributed by atoms with Gasteiger partial charge < -0.3 is 15.4 Å². The summed E-state index contributed by atoms with van der Waals surface area (Å²) < 4.78 is 86.1. The van der Waals surface area contributed by atoms with Crippen molar-refractivity contribution in [1.82, 2.24) is 10.6 Å². The Morgan fingerprint density at radius 2 is 1.66 bits per heavy atom. The number of fused-ring (bicyclic) bond motifs is 2. The maximum atomic E-state index is 13.3. The van der Waals surface area contributed by atoms with Crippen molar-refractivity contribution in [3.63, 3.8) is 0 Å². The van der Waals surface area contributed by atoms with Gasteiger partial charge in [-0.25, -0.2) is 0 Å². The van der Waals surface area contributed by atoms with Crippen molar-refractivity contribution in [2.45, 2.75) is 76.2 Å². The third kappa shape index (κ3) is 6.17. The summed E-state index contributed by atoms with van der Waals surface area (Å²) in [6.07, 6.45) is -8.05. The Labute approximate surface area is 218 Å². The Hall–Kier alpha value is -2.59. The lowest BCUT2D eigenvalue weighted by atomic mass is 9.80. The smallest absolute Gasteiger partial charge is 0.371 e. The molecule has 0 radical (unpaired) electrons.